The number of carboxylic acid groups (broad SMARTS) is 1. The van der Waals surface area contributed by atoms with Gasteiger partial charge in [0.05, 0.1) is 11.1 Å². The molecule has 3 nitrogen and oxygen atoms in total. The molecule has 1 aromatic rings. The third kappa shape index (κ3) is 3.53. The van der Waals surface area contributed by atoms with Crippen LogP contribution in [0.1, 0.15) is 25.7 Å². The van der Waals surface area contributed by atoms with E-state index in [9.17, 15) is 4.79 Å². The molecular formula is C15H19NO2S. The largest absolute Gasteiger partial charge is 0.481 e. The first-order chi connectivity index (χ1) is 9.22. The quantitative estimate of drug-likeness (QED) is 0.608. The van der Waals surface area contributed by atoms with Crippen molar-refractivity contribution in [2.75, 3.05) is 11.4 Å². The monoisotopic (exact) mass is 277 g/mol. The smallest absolute Gasteiger partial charge is 0.303 e. The van der Waals surface area contributed by atoms with Crippen molar-refractivity contribution in [2.24, 2.45) is 0 Å². The Balaban J connectivity index is 1.87. The van der Waals surface area contributed by atoms with Gasteiger partial charge in [-0.1, -0.05) is 36.4 Å². The lowest BCUT2D eigenvalue weighted by Crippen LogP contribution is -2.28. The predicted octanol–water partition coefficient (Wildman–Crippen LogP) is 3.76. The first-order valence-corrected chi connectivity index (χ1v) is 7.47. The molecule has 4 heteroatoms. The molecule has 0 saturated carbocycles. The minimum atomic E-state index is -0.703. The van der Waals surface area contributed by atoms with Gasteiger partial charge in [0.2, 0.25) is 0 Å². The van der Waals surface area contributed by atoms with Gasteiger partial charge in [-0.2, -0.15) is 0 Å². The SMILES string of the molecule is C=CC1Sc2ccccc2N1CCCCCC(=O)O. The summed E-state index contributed by atoms with van der Waals surface area (Å²) < 4.78 is 0. The highest BCUT2D eigenvalue weighted by Gasteiger charge is 2.26. The van der Waals surface area contributed by atoms with Gasteiger partial charge in [-0.15, -0.1) is 6.58 Å². The number of nitrogens with zero attached hydrogens (tertiary/aromatic N) is 1. The Labute approximate surface area is 118 Å². The number of aliphatic carboxylic acids is 1. The summed E-state index contributed by atoms with van der Waals surface area (Å²) in [6.07, 6.45) is 4.99. The highest BCUT2D eigenvalue weighted by molar-refractivity contribution is 8.00. The zero-order valence-electron chi connectivity index (χ0n) is 10.9. The van der Waals surface area contributed by atoms with Crippen molar-refractivity contribution in [1.82, 2.24) is 0 Å². The molecule has 0 radical (unpaired) electrons. The minimum Gasteiger partial charge on any atom is -0.481 e. The molecule has 19 heavy (non-hydrogen) atoms. The Hall–Kier alpha value is -1.42. The second-order valence-electron chi connectivity index (χ2n) is 4.61. The van der Waals surface area contributed by atoms with E-state index in [4.69, 9.17) is 5.11 Å². The summed E-state index contributed by atoms with van der Waals surface area (Å²) in [5.74, 6) is -0.703. The molecule has 0 aromatic heterocycles. The lowest BCUT2D eigenvalue weighted by Gasteiger charge is -2.24. The molecule has 1 aromatic carbocycles. The number of rotatable bonds is 7. The maximum absolute atomic E-state index is 10.5. The van der Waals surface area contributed by atoms with Gasteiger partial charge in [-0.25, -0.2) is 0 Å². The number of anilines is 1. The number of fused-ring (bicyclic) bond motifs is 1. The lowest BCUT2D eigenvalue weighted by molar-refractivity contribution is -0.137. The molecule has 1 aliphatic heterocycles. The van der Waals surface area contributed by atoms with Gasteiger partial charge < -0.3 is 10.0 Å². The molecule has 2 rings (SSSR count). The third-order valence-electron chi connectivity index (χ3n) is 3.22. The lowest BCUT2D eigenvalue weighted by atomic mass is 10.2. The molecule has 1 aliphatic rings. The van der Waals surface area contributed by atoms with E-state index in [1.165, 1.54) is 10.6 Å². The van der Waals surface area contributed by atoms with Crippen molar-refractivity contribution in [1.29, 1.82) is 0 Å². The molecule has 1 N–H and O–H groups in total. The fraction of sp³-hybridized carbons (Fsp3) is 0.400. The van der Waals surface area contributed by atoms with E-state index in [0.29, 0.717) is 5.37 Å². The molecule has 1 unspecified atom stereocenters. The van der Waals surface area contributed by atoms with Gasteiger partial charge in [0.25, 0.3) is 0 Å². The van der Waals surface area contributed by atoms with Gasteiger partial charge in [0.1, 0.15) is 0 Å². The Bertz CT molecular complexity index is 461. The molecule has 0 amide bonds. The first kappa shape index (κ1) is 14.0. The highest BCUT2D eigenvalue weighted by Crippen LogP contribution is 2.43. The van der Waals surface area contributed by atoms with Crippen LogP contribution < -0.4 is 4.90 Å². The number of carbonyl (C=O) groups is 1. The van der Waals surface area contributed by atoms with Crippen LogP contribution in [0.2, 0.25) is 0 Å². The second kappa shape index (κ2) is 6.66. The normalized spacial score (nSPS) is 17.3. The van der Waals surface area contributed by atoms with Crippen molar-refractivity contribution in [3.8, 4) is 0 Å². The van der Waals surface area contributed by atoms with E-state index in [0.717, 1.165) is 25.8 Å². The summed E-state index contributed by atoms with van der Waals surface area (Å²) in [5.41, 5.74) is 1.27. The van der Waals surface area contributed by atoms with E-state index in [1.807, 2.05) is 17.8 Å². The van der Waals surface area contributed by atoms with Crippen LogP contribution in [0, 0.1) is 0 Å². The Morgan fingerprint density at radius 3 is 2.89 bits per heavy atom. The summed E-state index contributed by atoms with van der Waals surface area (Å²) in [6.45, 7) is 4.86. The van der Waals surface area contributed by atoms with Crippen molar-refractivity contribution < 1.29 is 9.90 Å². The van der Waals surface area contributed by atoms with Crippen LogP contribution in [0.3, 0.4) is 0 Å². The van der Waals surface area contributed by atoms with E-state index in [1.54, 1.807) is 0 Å². The van der Waals surface area contributed by atoms with Gasteiger partial charge in [0, 0.05) is 17.9 Å². The number of thioether (sulfide) groups is 1. The average molecular weight is 277 g/mol. The maximum Gasteiger partial charge on any atom is 0.303 e. The van der Waals surface area contributed by atoms with Gasteiger partial charge >= 0.3 is 5.97 Å². The van der Waals surface area contributed by atoms with Gasteiger partial charge in [-0.05, 0) is 25.0 Å². The Kier molecular flexibility index (Phi) is 4.91. The van der Waals surface area contributed by atoms with Crippen LogP contribution in [0.5, 0.6) is 0 Å². The molecule has 1 atom stereocenters. The van der Waals surface area contributed by atoms with Crippen molar-refractivity contribution in [2.45, 2.75) is 36.0 Å². The van der Waals surface area contributed by atoms with Crippen LogP contribution in [0.4, 0.5) is 5.69 Å². The number of benzene rings is 1. The maximum atomic E-state index is 10.5. The second-order valence-corrected chi connectivity index (χ2v) is 5.77. The first-order valence-electron chi connectivity index (χ1n) is 6.59. The highest BCUT2D eigenvalue weighted by atomic mass is 32.2. The van der Waals surface area contributed by atoms with Gasteiger partial charge in [0.15, 0.2) is 0 Å². The molecular weight excluding hydrogens is 258 g/mol. The molecule has 0 fully saturated rings. The van der Waals surface area contributed by atoms with Crippen molar-refractivity contribution in [3.05, 3.63) is 36.9 Å². The fourth-order valence-corrected chi connectivity index (χ4v) is 3.45. The fourth-order valence-electron chi connectivity index (χ4n) is 2.28. The zero-order chi connectivity index (χ0) is 13.7. The molecule has 102 valence electrons. The molecule has 0 aliphatic carbocycles. The topological polar surface area (TPSA) is 40.5 Å². The van der Waals surface area contributed by atoms with Crippen LogP contribution >= 0.6 is 11.8 Å². The summed E-state index contributed by atoms with van der Waals surface area (Å²) in [7, 11) is 0. The number of para-hydroxylation sites is 1. The van der Waals surface area contributed by atoms with E-state index >= 15 is 0 Å². The Morgan fingerprint density at radius 1 is 1.37 bits per heavy atom. The number of hydrogen-bond acceptors (Lipinski definition) is 3. The van der Waals surface area contributed by atoms with Crippen LogP contribution in [-0.2, 0) is 4.79 Å². The van der Waals surface area contributed by atoms with E-state index < -0.39 is 5.97 Å². The number of hydrogen-bond donors (Lipinski definition) is 1. The van der Waals surface area contributed by atoms with E-state index in [-0.39, 0.29) is 6.42 Å². The predicted molar refractivity (Wildman–Crippen MR) is 79.7 cm³/mol. The van der Waals surface area contributed by atoms with Crippen LogP contribution in [0.25, 0.3) is 0 Å². The molecule has 0 spiro atoms. The summed E-state index contributed by atoms with van der Waals surface area (Å²) in [5, 5.41) is 8.91. The molecule has 0 saturated heterocycles. The standard InChI is InChI=1S/C15H19NO2S/c1-2-14-16(11-7-3-4-10-15(17)18)12-8-5-6-9-13(12)19-14/h2,5-6,8-9,14H,1,3-4,7,10-11H2,(H,17,18). The summed E-state index contributed by atoms with van der Waals surface area (Å²) in [4.78, 5) is 14.1. The molecule has 1 heterocycles. The Morgan fingerprint density at radius 2 is 2.16 bits per heavy atom. The molecule has 0 bridgehead atoms. The van der Waals surface area contributed by atoms with Crippen LogP contribution in [0.15, 0.2) is 41.8 Å². The number of unbranched alkanes of at least 4 members (excludes halogenated alkanes) is 2. The van der Waals surface area contributed by atoms with Crippen molar-refractivity contribution >= 4 is 23.4 Å². The van der Waals surface area contributed by atoms with Crippen molar-refractivity contribution in [3.63, 3.8) is 0 Å². The van der Waals surface area contributed by atoms with Crippen LogP contribution in [-0.4, -0.2) is 23.0 Å². The minimum absolute atomic E-state index is 0.274. The van der Waals surface area contributed by atoms with Gasteiger partial charge in [-0.3, -0.25) is 4.79 Å². The summed E-state index contributed by atoms with van der Waals surface area (Å²) in [6, 6.07) is 8.40. The third-order valence-corrected chi connectivity index (χ3v) is 4.51. The van der Waals surface area contributed by atoms with E-state index in [2.05, 4.69) is 35.7 Å². The number of carboxylic acids is 1. The zero-order valence-corrected chi connectivity index (χ0v) is 11.7. The average Bonchev–Trinajstić information content (AvgIpc) is 2.76. The summed E-state index contributed by atoms with van der Waals surface area (Å²) >= 11 is 1.83.